The number of rotatable bonds is 0. The number of hydrogen-bond acceptors (Lipinski definition) is 3. The van der Waals surface area contributed by atoms with Gasteiger partial charge in [-0.1, -0.05) is 0 Å². The zero-order valence-electron chi connectivity index (χ0n) is 6.46. The summed E-state index contributed by atoms with van der Waals surface area (Å²) in [5.41, 5.74) is 6.45. The van der Waals surface area contributed by atoms with Crippen LogP contribution >= 0.6 is 45.2 Å². The first-order chi connectivity index (χ1) is 6.16. The van der Waals surface area contributed by atoms with E-state index in [0.717, 1.165) is 18.2 Å². The van der Waals surface area contributed by atoms with Gasteiger partial charge < -0.3 is 5.73 Å². The fraction of sp³-hybridized carbons (Fsp3) is 0. The Balaban J connectivity index is 2.86. The van der Waals surface area contributed by atoms with Crippen LogP contribution in [0.25, 0.3) is 10.9 Å². The highest BCUT2D eigenvalue weighted by Crippen LogP contribution is 2.20. The van der Waals surface area contributed by atoms with Crippen molar-refractivity contribution in [2.45, 2.75) is 0 Å². The van der Waals surface area contributed by atoms with Crippen LogP contribution in [0.2, 0.25) is 0 Å². The molecule has 1 aromatic heterocycles. The highest BCUT2D eigenvalue weighted by molar-refractivity contribution is 14.1. The van der Waals surface area contributed by atoms with Gasteiger partial charge in [-0.15, -0.1) is 0 Å². The van der Waals surface area contributed by atoms with Crippen molar-refractivity contribution in [3.63, 3.8) is 0 Å². The summed E-state index contributed by atoms with van der Waals surface area (Å²) in [6.07, 6.45) is 0. The molecule has 0 saturated carbocycles. The Kier molecular flexibility index (Phi) is 2.54. The quantitative estimate of drug-likeness (QED) is 0.549. The summed E-state index contributed by atoms with van der Waals surface area (Å²) in [5, 5.41) is 1.05. The molecule has 1 aromatic carbocycles. The fourth-order valence-corrected chi connectivity index (χ4v) is 2.26. The molecule has 2 aromatic rings. The maximum absolute atomic E-state index is 5.55. The number of fused-ring (bicyclic) bond motifs is 1. The Morgan fingerprint density at radius 3 is 2.69 bits per heavy atom. The standard InChI is InChI=1S/C8H5I2N3/c9-4-1-2-5-6(3-4)12-8(11)13-7(5)10/h1-3H,(H2,11,12,13). The van der Waals surface area contributed by atoms with Crippen molar-refractivity contribution < 1.29 is 0 Å². The summed E-state index contributed by atoms with van der Waals surface area (Å²) < 4.78 is 2.05. The molecule has 0 aliphatic rings. The minimum absolute atomic E-state index is 0.332. The molecule has 1 heterocycles. The molecule has 2 N–H and O–H groups in total. The molecule has 5 heteroatoms. The SMILES string of the molecule is Nc1nc(I)c2ccc(I)cc2n1. The topological polar surface area (TPSA) is 51.8 Å². The van der Waals surface area contributed by atoms with Crippen LogP contribution in [-0.2, 0) is 0 Å². The Morgan fingerprint density at radius 1 is 1.15 bits per heavy atom. The van der Waals surface area contributed by atoms with Crippen molar-refractivity contribution in [2.75, 3.05) is 5.73 Å². The first-order valence-corrected chi connectivity index (χ1v) is 5.71. The van der Waals surface area contributed by atoms with E-state index in [0.29, 0.717) is 5.95 Å². The van der Waals surface area contributed by atoms with E-state index >= 15 is 0 Å². The van der Waals surface area contributed by atoms with Gasteiger partial charge in [0.15, 0.2) is 0 Å². The van der Waals surface area contributed by atoms with Crippen LogP contribution in [0.1, 0.15) is 0 Å². The third kappa shape index (κ3) is 1.85. The third-order valence-corrected chi connectivity index (χ3v) is 3.12. The molecule has 0 atom stereocenters. The molecule has 0 spiro atoms. The van der Waals surface area contributed by atoms with Crippen molar-refractivity contribution in [1.29, 1.82) is 0 Å². The zero-order valence-corrected chi connectivity index (χ0v) is 10.8. The fourth-order valence-electron chi connectivity index (χ4n) is 1.08. The Labute approximate surface area is 102 Å². The molecule has 0 saturated heterocycles. The average molecular weight is 397 g/mol. The van der Waals surface area contributed by atoms with Crippen LogP contribution in [0.15, 0.2) is 18.2 Å². The van der Waals surface area contributed by atoms with Gasteiger partial charge in [0.1, 0.15) is 3.70 Å². The summed E-state index contributed by atoms with van der Waals surface area (Å²) >= 11 is 4.41. The summed E-state index contributed by atoms with van der Waals surface area (Å²) in [7, 11) is 0. The number of hydrogen-bond donors (Lipinski definition) is 1. The highest BCUT2D eigenvalue weighted by Gasteiger charge is 2.02. The second-order valence-electron chi connectivity index (χ2n) is 2.53. The van der Waals surface area contributed by atoms with Crippen molar-refractivity contribution in [3.8, 4) is 0 Å². The molecule has 0 bridgehead atoms. The molecule has 0 aliphatic carbocycles. The number of nitrogen functional groups attached to an aromatic ring is 1. The van der Waals surface area contributed by atoms with Crippen LogP contribution in [-0.4, -0.2) is 9.97 Å². The van der Waals surface area contributed by atoms with Crippen molar-refractivity contribution >= 4 is 62.0 Å². The van der Waals surface area contributed by atoms with E-state index in [1.807, 2.05) is 18.2 Å². The lowest BCUT2D eigenvalue weighted by atomic mass is 10.2. The highest BCUT2D eigenvalue weighted by atomic mass is 127. The predicted octanol–water partition coefficient (Wildman–Crippen LogP) is 2.42. The second-order valence-corrected chi connectivity index (χ2v) is 4.80. The number of benzene rings is 1. The van der Waals surface area contributed by atoms with E-state index in [2.05, 4.69) is 55.1 Å². The van der Waals surface area contributed by atoms with E-state index < -0.39 is 0 Å². The van der Waals surface area contributed by atoms with Gasteiger partial charge in [0.2, 0.25) is 5.95 Å². The number of halogens is 2. The number of aromatic nitrogens is 2. The summed E-state index contributed by atoms with van der Waals surface area (Å²) in [6, 6.07) is 6.04. The van der Waals surface area contributed by atoms with Gasteiger partial charge in [0.25, 0.3) is 0 Å². The summed E-state index contributed by atoms with van der Waals surface area (Å²) in [6.45, 7) is 0. The van der Waals surface area contributed by atoms with Crippen molar-refractivity contribution in [3.05, 3.63) is 25.5 Å². The molecule has 2 rings (SSSR count). The minimum atomic E-state index is 0.332. The van der Waals surface area contributed by atoms with Crippen LogP contribution < -0.4 is 5.73 Å². The van der Waals surface area contributed by atoms with Gasteiger partial charge in [0.05, 0.1) is 5.52 Å². The Hall–Kier alpha value is -0.180. The molecule has 13 heavy (non-hydrogen) atoms. The first kappa shape index (κ1) is 9.38. The van der Waals surface area contributed by atoms with Gasteiger partial charge in [-0.3, -0.25) is 0 Å². The monoisotopic (exact) mass is 397 g/mol. The smallest absolute Gasteiger partial charge is 0.221 e. The molecule has 0 aliphatic heterocycles. The summed E-state index contributed by atoms with van der Waals surface area (Å²) in [5.74, 6) is 0.332. The van der Waals surface area contributed by atoms with Gasteiger partial charge in [0, 0.05) is 8.96 Å². The van der Waals surface area contributed by atoms with Crippen LogP contribution in [0.3, 0.4) is 0 Å². The van der Waals surface area contributed by atoms with Crippen LogP contribution in [0.5, 0.6) is 0 Å². The normalized spacial score (nSPS) is 10.6. The maximum Gasteiger partial charge on any atom is 0.221 e. The van der Waals surface area contributed by atoms with E-state index in [1.165, 1.54) is 0 Å². The lowest BCUT2D eigenvalue weighted by molar-refractivity contribution is 1.21. The van der Waals surface area contributed by atoms with E-state index in [9.17, 15) is 0 Å². The molecule has 3 nitrogen and oxygen atoms in total. The zero-order chi connectivity index (χ0) is 9.42. The van der Waals surface area contributed by atoms with Gasteiger partial charge in [-0.2, -0.15) is 0 Å². The lowest BCUT2D eigenvalue weighted by Gasteiger charge is -2.00. The molecular formula is C8H5I2N3. The molecule has 0 radical (unpaired) electrons. The average Bonchev–Trinajstić information content (AvgIpc) is 2.02. The molecule has 66 valence electrons. The second kappa shape index (κ2) is 3.52. The van der Waals surface area contributed by atoms with Crippen molar-refractivity contribution in [1.82, 2.24) is 9.97 Å². The lowest BCUT2D eigenvalue weighted by Crippen LogP contribution is -1.97. The van der Waals surface area contributed by atoms with Gasteiger partial charge >= 0.3 is 0 Å². The number of anilines is 1. The molecule has 0 unspecified atom stereocenters. The van der Waals surface area contributed by atoms with E-state index in [-0.39, 0.29) is 0 Å². The molecular weight excluding hydrogens is 392 g/mol. The van der Waals surface area contributed by atoms with E-state index in [1.54, 1.807) is 0 Å². The van der Waals surface area contributed by atoms with Gasteiger partial charge in [-0.05, 0) is 63.4 Å². The maximum atomic E-state index is 5.55. The Morgan fingerprint density at radius 2 is 1.92 bits per heavy atom. The number of nitrogens with two attached hydrogens (primary N) is 1. The largest absolute Gasteiger partial charge is 0.368 e. The minimum Gasteiger partial charge on any atom is -0.368 e. The predicted molar refractivity (Wildman–Crippen MR) is 69.4 cm³/mol. The van der Waals surface area contributed by atoms with Crippen LogP contribution in [0, 0.1) is 7.27 Å². The molecule has 0 amide bonds. The molecule has 0 fully saturated rings. The first-order valence-electron chi connectivity index (χ1n) is 3.55. The van der Waals surface area contributed by atoms with Crippen LogP contribution in [0.4, 0.5) is 5.95 Å². The Bertz CT molecular complexity index is 465. The summed E-state index contributed by atoms with van der Waals surface area (Å²) in [4.78, 5) is 8.24. The number of nitrogens with zero attached hydrogens (tertiary/aromatic N) is 2. The van der Waals surface area contributed by atoms with E-state index in [4.69, 9.17) is 5.73 Å². The van der Waals surface area contributed by atoms with Crippen molar-refractivity contribution in [2.24, 2.45) is 0 Å². The van der Waals surface area contributed by atoms with Gasteiger partial charge in [-0.25, -0.2) is 9.97 Å². The third-order valence-electron chi connectivity index (χ3n) is 1.63.